The number of amides is 1. The molecule has 0 spiro atoms. The molecule has 1 aromatic carbocycles. The molecule has 0 unspecified atom stereocenters. The molecule has 4 heteroatoms. The average Bonchev–Trinajstić information content (AvgIpc) is 2.79. The number of benzene rings is 1. The molecule has 2 N–H and O–H groups in total. The first-order valence-electron chi connectivity index (χ1n) is 6.39. The summed E-state index contributed by atoms with van der Waals surface area (Å²) in [6, 6.07) is 5.57. The number of imidazole rings is 1. The second kappa shape index (κ2) is 5.26. The second-order valence-corrected chi connectivity index (χ2v) is 5.07. The van der Waals surface area contributed by atoms with E-state index in [4.69, 9.17) is 5.73 Å². The molecule has 0 aliphatic heterocycles. The molecule has 0 saturated heterocycles. The number of nitrogens with two attached hydrogens (primary N) is 1. The molecule has 0 atom stereocenters. The maximum Gasteiger partial charge on any atom is 0.248 e. The number of carbonyl (C=O) groups is 1. The van der Waals surface area contributed by atoms with Gasteiger partial charge in [-0.25, -0.2) is 4.98 Å². The van der Waals surface area contributed by atoms with Crippen molar-refractivity contribution in [2.75, 3.05) is 0 Å². The zero-order chi connectivity index (χ0) is 14.0. The fraction of sp³-hybridized carbons (Fsp3) is 0.333. The largest absolute Gasteiger partial charge is 0.366 e. The summed E-state index contributed by atoms with van der Waals surface area (Å²) < 4.78 is 2.14. The predicted molar refractivity (Wildman–Crippen MR) is 75.1 cm³/mol. The minimum atomic E-state index is -0.389. The lowest BCUT2D eigenvalue weighted by atomic mass is 10.0. The van der Waals surface area contributed by atoms with Gasteiger partial charge in [0.25, 0.3) is 0 Å². The first-order valence-corrected chi connectivity index (χ1v) is 6.39. The zero-order valence-electron chi connectivity index (χ0n) is 11.6. The van der Waals surface area contributed by atoms with Crippen LogP contribution < -0.4 is 5.73 Å². The summed E-state index contributed by atoms with van der Waals surface area (Å²) in [5.41, 5.74) is 8.07. The van der Waals surface area contributed by atoms with E-state index < -0.39 is 0 Å². The first-order chi connectivity index (χ1) is 8.99. The Kier molecular flexibility index (Phi) is 3.69. The standard InChI is InChI=1S/C15H19N3O/c1-10(2)15-17-6-7-18(15)9-13-5-4-12(14(16)19)8-11(13)3/h4-8,10H,9H2,1-3H3,(H2,16,19). The number of primary amides is 1. The van der Waals surface area contributed by atoms with Gasteiger partial charge in [-0.1, -0.05) is 19.9 Å². The lowest BCUT2D eigenvalue weighted by molar-refractivity contribution is 0.1000. The molecule has 19 heavy (non-hydrogen) atoms. The van der Waals surface area contributed by atoms with Gasteiger partial charge in [0.1, 0.15) is 5.82 Å². The summed E-state index contributed by atoms with van der Waals surface area (Å²) in [5.74, 6) is 1.07. The van der Waals surface area contributed by atoms with Crippen LogP contribution in [0.2, 0.25) is 0 Å². The highest BCUT2D eigenvalue weighted by molar-refractivity contribution is 5.93. The maximum atomic E-state index is 11.1. The molecular weight excluding hydrogens is 238 g/mol. The lowest BCUT2D eigenvalue weighted by Gasteiger charge is -2.12. The van der Waals surface area contributed by atoms with E-state index in [9.17, 15) is 4.79 Å². The van der Waals surface area contributed by atoms with Crippen LogP contribution in [0.15, 0.2) is 30.6 Å². The molecule has 4 nitrogen and oxygen atoms in total. The van der Waals surface area contributed by atoms with Crippen molar-refractivity contribution in [3.05, 3.63) is 53.1 Å². The molecule has 1 aromatic heterocycles. The van der Waals surface area contributed by atoms with Crippen LogP contribution in [0.5, 0.6) is 0 Å². The van der Waals surface area contributed by atoms with E-state index in [2.05, 4.69) is 23.4 Å². The van der Waals surface area contributed by atoms with E-state index in [1.807, 2.05) is 31.5 Å². The van der Waals surface area contributed by atoms with Crippen molar-refractivity contribution in [1.29, 1.82) is 0 Å². The van der Waals surface area contributed by atoms with Crippen molar-refractivity contribution in [3.63, 3.8) is 0 Å². The summed E-state index contributed by atoms with van der Waals surface area (Å²) >= 11 is 0. The third-order valence-corrected chi connectivity index (χ3v) is 3.23. The van der Waals surface area contributed by atoms with Gasteiger partial charge in [-0.2, -0.15) is 0 Å². The molecule has 0 fully saturated rings. The molecule has 0 aliphatic rings. The highest BCUT2D eigenvalue weighted by Gasteiger charge is 2.09. The molecule has 2 rings (SSSR count). The van der Waals surface area contributed by atoms with Gasteiger partial charge < -0.3 is 10.3 Å². The smallest absolute Gasteiger partial charge is 0.248 e. The maximum absolute atomic E-state index is 11.1. The molecule has 0 saturated carbocycles. The summed E-state index contributed by atoms with van der Waals surface area (Å²) in [6.45, 7) is 7.01. The predicted octanol–water partition coefficient (Wildman–Crippen LogP) is 2.46. The van der Waals surface area contributed by atoms with Crippen LogP contribution in [-0.2, 0) is 6.54 Å². The van der Waals surface area contributed by atoms with Crippen LogP contribution in [0.1, 0.15) is 47.1 Å². The van der Waals surface area contributed by atoms with Crippen LogP contribution in [-0.4, -0.2) is 15.5 Å². The quantitative estimate of drug-likeness (QED) is 0.914. The van der Waals surface area contributed by atoms with Crippen LogP contribution in [0, 0.1) is 6.92 Å². The Hall–Kier alpha value is -2.10. The number of hydrogen-bond acceptors (Lipinski definition) is 2. The number of nitrogens with zero attached hydrogens (tertiary/aromatic N) is 2. The minimum absolute atomic E-state index is 0.389. The molecule has 0 radical (unpaired) electrons. The third kappa shape index (κ3) is 2.84. The van der Waals surface area contributed by atoms with Crippen molar-refractivity contribution in [2.45, 2.75) is 33.2 Å². The number of hydrogen-bond donors (Lipinski definition) is 1. The number of carbonyl (C=O) groups excluding carboxylic acids is 1. The number of aromatic nitrogens is 2. The fourth-order valence-electron chi connectivity index (χ4n) is 2.17. The average molecular weight is 257 g/mol. The Morgan fingerprint density at radius 2 is 2.16 bits per heavy atom. The summed E-state index contributed by atoms with van der Waals surface area (Å²) in [6.07, 6.45) is 3.80. The number of aryl methyl sites for hydroxylation is 1. The Balaban J connectivity index is 2.28. The highest BCUT2D eigenvalue weighted by atomic mass is 16.1. The van der Waals surface area contributed by atoms with Crippen LogP contribution in [0.4, 0.5) is 0 Å². The summed E-state index contributed by atoms with van der Waals surface area (Å²) in [7, 11) is 0. The van der Waals surface area contributed by atoms with Gasteiger partial charge in [-0.15, -0.1) is 0 Å². The van der Waals surface area contributed by atoms with Gasteiger partial charge >= 0.3 is 0 Å². The molecular formula is C15H19N3O. The molecule has 100 valence electrons. The Morgan fingerprint density at radius 1 is 1.42 bits per heavy atom. The third-order valence-electron chi connectivity index (χ3n) is 3.23. The van der Waals surface area contributed by atoms with E-state index in [0.717, 1.165) is 17.9 Å². The van der Waals surface area contributed by atoms with E-state index >= 15 is 0 Å². The van der Waals surface area contributed by atoms with Crippen molar-refractivity contribution < 1.29 is 4.79 Å². The molecule has 1 heterocycles. The van der Waals surface area contributed by atoms with E-state index in [1.165, 1.54) is 5.56 Å². The first kappa shape index (κ1) is 13.3. The second-order valence-electron chi connectivity index (χ2n) is 5.07. The number of rotatable bonds is 4. The van der Waals surface area contributed by atoms with Gasteiger partial charge in [0, 0.05) is 30.4 Å². The monoisotopic (exact) mass is 257 g/mol. The molecule has 0 aliphatic carbocycles. The molecule has 0 bridgehead atoms. The van der Waals surface area contributed by atoms with Gasteiger partial charge in [0.2, 0.25) is 5.91 Å². The van der Waals surface area contributed by atoms with Gasteiger partial charge in [0.15, 0.2) is 0 Å². The van der Waals surface area contributed by atoms with Crippen LogP contribution >= 0.6 is 0 Å². The van der Waals surface area contributed by atoms with E-state index in [1.54, 1.807) is 6.07 Å². The molecule has 1 amide bonds. The zero-order valence-corrected chi connectivity index (χ0v) is 11.6. The van der Waals surface area contributed by atoms with Gasteiger partial charge in [0.05, 0.1) is 0 Å². The van der Waals surface area contributed by atoms with E-state index in [0.29, 0.717) is 11.5 Å². The van der Waals surface area contributed by atoms with Crippen molar-refractivity contribution in [1.82, 2.24) is 9.55 Å². The molecule has 2 aromatic rings. The van der Waals surface area contributed by atoms with Crippen molar-refractivity contribution in [3.8, 4) is 0 Å². The van der Waals surface area contributed by atoms with Gasteiger partial charge in [-0.05, 0) is 30.2 Å². The summed E-state index contributed by atoms with van der Waals surface area (Å²) in [4.78, 5) is 15.5. The lowest BCUT2D eigenvalue weighted by Crippen LogP contribution is -2.12. The van der Waals surface area contributed by atoms with Crippen molar-refractivity contribution >= 4 is 5.91 Å². The van der Waals surface area contributed by atoms with E-state index in [-0.39, 0.29) is 5.91 Å². The van der Waals surface area contributed by atoms with Crippen LogP contribution in [0.3, 0.4) is 0 Å². The highest BCUT2D eigenvalue weighted by Crippen LogP contribution is 2.17. The summed E-state index contributed by atoms with van der Waals surface area (Å²) in [5, 5.41) is 0. The topological polar surface area (TPSA) is 60.9 Å². The normalized spacial score (nSPS) is 10.9. The van der Waals surface area contributed by atoms with Crippen molar-refractivity contribution in [2.24, 2.45) is 5.73 Å². The SMILES string of the molecule is Cc1cc(C(N)=O)ccc1Cn1ccnc1C(C)C. The minimum Gasteiger partial charge on any atom is -0.366 e. The fourth-order valence-corrected chi connectivity index (χ4v) is 2.17. The van der Waals surface area contributed by atoms with Gasteiger partial charge in [-0.3, -0.25) is 4.79 Å². The Labute approximate surface area is 113 Å². The Morgan fingerprint density at radius 3 is 2.74 bits per heavy atom. The Bertz CT molecular complexity index is 599. The van der Waals surface area contributed by atoms with Crippen LogP contribution in [0.25, 0.3) is 0 Å².